The second kappa shape index (κ2) is 5.15. The van der Waals surface area contributed by atoms with Gasteiger partial charge in [-0.05, 0) is 37.1 Å². The fourth-order valence-corrected chi connectivity index (χ4v) is 3.28. The number of hydrogen-bond acceptors (Lipinski definition) is 3. The van der Waals surface area contributed by atoms with Crippen LogP contribution >= 0.6 is 11.6 Å². The molecule has 0 radical (unpaired) electrons. The Bertz CT molecular complexity index is 686. The van der Waals surface area contributed by atoms with Crippen LogP contribution in [-0.4, -0.2) is 13.3 Å². The standard InChI is InChI=1S/C17H16ClNO2/c18-14-5-1-2-6-15(14)19-10-12-7-8-16-13(4-3-9-20-16)17(12)21-11-19/h1-2,5-8H,3-4,9-11H2. The van der Waals surface area contributed by atoms with E-state index in [9.17, 15) is 0 Å². The van der Waals surface area contributed by atoms with Crippen LogP contribution in [0.25, 0.3) is 0 Å². The minimum atomic E-state index is 0.521. The normalized spacial score (nSPS) is 16.5. The summed E-state index contributed by atoms with van der Waals surface area (Å²) >= 11 is 6.28. The summed E-state index contributed by atoms with van der Waals surface area (Å²) in [6, 6.07) is 12.0. The Labute approximate surface area is 129 Å². The number of para-hydroxylation sites is 1. The summed E-state index contributed by atoms with van der Waals surface area (Å²) in [4.78, 5) is 2.15. The van der Waals surface area contributed by atoms with Crippen molar-refractivity contribution in [1.29, 1.82) is 0 Å². The number of benzene rings is 2. The molecule has 2 aromatic rings. The lowest BCUT2D eigenvalue weighted by Gasteiger charge is -2.33. The number of halogens is 1. The second-order valence-corrected chi connectivity index (χ2v) is 5.81. The van der Waals surface area contributed by atoms with Gasteiger partial charge in [0.25, 0.3) is 0 Å². The summed E-state index contributed by atoms with van der Waals surface area (Å²) in [7, 11) is 0. The third-order valence-corrected chi connectivity index (χ3v) is 4.37. The van der Waals surface area contributed by atoms with Gasteiger partial charge in [0.05, 0.1) is 17.3 Å². The smallest absolute Gasteiger partial charge is 0.161 e. The predicted molar refractivity (Wildman–Crippen MR) is 83.4 cm³/mol. The van der Waals surface area contributed by atoms with Gasteiger partial charge in [0.2, 0.25) is 0 Å². The van der Waals surface area contributed by atoms with Gasteiger partial charge in [0.15, 0.2) is 6.73 Å². The van der Waals surface area contributed by atoms with Crippen LogP contribution < -0.4 is 14.4 Å². The van der Waals surface area contributed by atoms with E-state index in [-0.39, 0.29) is 0 Å². The minimum absolute atomic E-state index is 0.521. The van der Waals surface area contributed by atoms with E-state index in [1.54, 1.807) is 0 Å². The molecule has 0 saturated carbocycles. The van der Waals surface area contributed by atoms with Gasteiger partial charge in [0.1, 0.15) is 11.5 Å². The molecule has 2 heterocycles. The summed E-state index contributed by atoms with van der Waals surface area (Å²) < 4.78 is 11.7. The van der Waals surface area contributed by atoms with E-state index < -0.39 is 0 Å². The van der Waals surface area contributed by atoms with Crippen LogP contribution in [0.3, 0.4) is 0 Å². The van der Waals surface area contributed by atoms with Crippen molar-refractivity contribution in [3.05, 3.63) is 52.5 Å². The first kappa shape index (κ1) is 12.8. The van der Waals surface area contributed by atoms with E-state index in [0.717, 1.165) is 48.2 Å². The second-order valence-electron chi connectivity index (χ2n) is 5.41. The lowest BCUT2D eigenvalue weighted by Crippen LogP contribution is -2.32. The molecule has 108 valence electrons. The molecule has 2 aliphatic heterocycles. The molecule has 4 rings (SSSR count). The number of fused-ring (bicyclic) bond motifs is 3. The SMILES string of the molecule is Clc1ccccc1N1COc2c(ccc3c2CCCO3)C1. The van der Waals surface area contributed by atoms with Gasteiger partial charge in [0, 0.05) is 17.7 Å². The monoisotopic (exact) mass is 301 g/mol. The summed E-state index contributed by atoms with van der Waals surface area (Å²) in [5.74, 6) is 1.99. The minimum Gasteiger partial charge on any atom is -0.493 e. The largest absolute Gasteiger partial charge is 0.493 e. The molecule has 0 unspecified atom stereocenters. The zero-order valence-corrected chi connectivity index (χ0v) is 12.4. The van der Waals surface area contributed by atoms with E-state index in [0.29, 0.717) is 6.73 Å². The summed E-state index contributed by atoms with van der Waals surface area (Å²) in [6.07, 6.45) is 2.09. The molecule has 0 aromatic heterocycles. The predicted octanol–water partition coefficient (Wildman–Crippen LogP) is 4.02. The molecule has 0 fully saturated rings. The van der Waals surface area contributed by atoms with Gasteiger partial charge >= 0.3 is 0 Å². The van der Waals surface area contributed by atoms with E-state index in [2.05, 4.69) is 17.0 Å². The summed E-state index contributed by atoms with van der Waals surface area (Å²) in [5, 5.41) is 0.755. The molecule has 0 spiro atoms. The Morgan fingerprint density at radius 2 is 1.95 bits per heavy atom. The molecule has 0 saturated heterocycles. The fraction of sp³-hybridized carbons (Fsp3) is 0.294. The molecule has 21 heavy (non-hydrogen) atoms. The molecular formula is C17H16ClNO2. The maximum Gasteiger partial charge on any atom is 0.161 e. The highest BCUT2D eigenvalue weighted by Crippen LogP contribution is 2.40. The van der Waals surface area contributed by atoms with Crippen LogP contribution in [0.2, 0.25) is 5.02 Å². The zero-order chi connectivity index (χ0) is 14.2. The highest BCUT2D eigenvalue weighted by Gasteiger charge is 2.25. The first-order chi connectivity index (χ1) is 10.3. The number of ether oxygens (including phenoxy) is 2. The molecule has 0 atom stereocenters. The maximum absolute atomic E-state index is 6.28. The van der Waals surface area contributed by atoms with E-state index in [1.807, 2.05) is 24.3 Å². The van der Waals surface area contributed by atoms with Crippen molar-refractivity contribution >= 4 is 17.3 Å². The number of anilines is 1. The Kier molecular flexibility index (Phi) is 3.15. The molecule has 3 nitrogen and oxygen atoms in total. The van der Waals surface area contributed by atoms with Gasteiger partial charge in [-0.1, -0.05) is 23.7 Å². The lowest BCUT2D eigenvalue weighted by molar-refractivity contribution is 0.260. The fourth-order valence-electron chi connectivity index (χ4n) is 3.02. The van der Waals surface area contributed by atoms with Crippen molar-refractivity contribution in [2.24, 2.45) is 0 Å². The molecule has 2 aromatic carbocycles. The molecular weight excluding hydrogens is 286 g/mol. The van der Waals surface area contributed by atoms with E-state index in [1.165, 1.54) is 11.1 Å². The Balaban J connectivity index is 1.68. The maximum atomic E-state index is 6.28. The third kappa shape index (κ3) is 2.22. The highest BCUT2D eigenvalue weighted by molar-refractivity contribution is 6.33. The van der Waals surface area contributed by atoms with Crippen LogP contribution in [0.15, 0.2) is 36.4 Å². The Morgan fingerprint density at radius 3 is 2.86 bits per heavy atom. The van der Waals surface area contributed by atoms with Crippen LogP contribution in [0.5, 0.6) is 11.5 Å². The van der Waals surface area contributed by atoms with Crippen LogP contribution in [0.4, 0.5) is 5.69 Å². The van der Waals surface area contributed by atoms with Crippen molar-refractivity contribution in [3.63, 3.8) is 0 Å². The molecule has 0 amide bonds. The highest BCUT2D eigenvalue weighted by atomic mass is 35.5. The van der Waals surface area contributed by atoms with Gasteiger partial charge in [-0.25, -0.2) is 0 Å². The molecule has 0 bridgehead atoms. The summed E-state index contributed by atoms with van der Waals surface area (Å²) in [6.45, 7) is 2.14. The van der Waals surface area contributed by atoms with Crippen molar-refractivity contribution in [1.82, 2.24) is 0 Å². The van der Waals surface area contributed by atoms with Crippen molar-refractivity contribution < 1.29 is 9.47 Å². The number of nitrogens with zero attached hydrogens (tertiary/aromatic N) is 1. The average Bonchev–Trinajstić information content (AvgIpc) is 2.54. The van der Waals surface area contributed by atoms with E-state index in [4.69, 9.17) is 21.1 Å². The molecule has 2 aliphatic rings. The van der Waals surface area contributed by atoms with Crippen molar-refractivity contribution in [2.45, 2.75) is 19.4 Å². The van der Waals surface area contributed by atoms with Gasteiger partial charge in [-0.2, -0.15) is 0 Å². The number of rotatable bonds is 1. The van der Waals surface area contributed by atoms with Gasteiger partial charge < -0.3 is 14.4 Å². The van der Waals surface area contributed by atoms with Crippen LogP contribution in [0, 0.1) is 0 Å². The molecule has 4 heteroatoms. The topological polar surface area (TPSA) is 21.7 Å². The zero-order valence-electron chi connectivity index (χ0n) is 11.6. The van der Waals surface area contributed by atoms with Crippen LogP contribution in [-0.2, 0) is 13.0 Å². The average molecular weight is 302 g/mol. The van der Waals surface area contributed by atoms with Gasteiger partial charge in [-0.15, -0.1) is 0 Å². The van der Waals surface area contributed by atoms with Crippen LogP contribution in [0.1, 0.15) is 17.5 Å². The molecule has 0 aliphatic carbocycles. The lowest BCUT2D eigenvalue weighted by atomic mass is 10.0. The van der Waals surface area contributed by atoms with Gasteiger partial charge in [-0.3, -0.25) is 0 Å². The Morgan fingerprint density at radius 1 is 1.05 bits per heavy atom. The molecule has 0 N–H and O–H groups in total. The number of hydrogen-bond donors (Lipinski definition) is 0. The first-order valence-corrected chi connectivity index (χ1v) is 7.60. The quantitative estimate of drug-likeness (QED) is 0.794. The third-order valence-electron chi connectivity index (χ3n) is 4.05. The first-order valence-electron chi connectivity index (χ1n) is 7.23. The summed E-state index contributed by atoms with van der Waals surface area (Å²) in [5.41, 5.74) is 3.43. The Hall–Kier alpha value is -1.87. The van der Waals surface area contributed by atoms with Crippen molar-refractivity contribution in [3.8, 4) is 11.5 Å². The van der Waals surface area contributed by atoms with E-state index >= 15 is 0 Å². The van der Waals surface area contributed by atoms with Crippen molar-refractivity contribution in [2.75, 3.05) is 18.2 Å².